The minimum Gasteiger partial charge on any atom is -0.312 e. The van der Waals surface area contributed by atoms with E-state index in [-0.39, 0.29) is 0 Å². The maximum absolute atomic E-state index is 3.67. The van der Waals surface area contributed by atoms with Gasteiger partial charge in [0.25, 0.3) is 0 Å². The highest BCUT2D eigenvalue weighted by Gasteiger charge is 2.38. The van der Waals surface area contributed by atoms with Gasteiger partial charge in [-0.2, -0.15) is 0 Å². The zero-order chi connectivity index (χ0) is 13.5. The van der Waals surface area contributed by atoms with Crippen LogP contribution in [0.4, 0.5) is 0 Å². The Labute approximate surface area is 127 Å². The Hall–Kier alpha value is -0.380. The molecule has 102 valence electrons. The van der Waals surface area contributed by atoms with Gasteiger partial charge in [0.05, 0.1) is 0 Å². The molecule has 0 radical (unpaired) electrons. The van der Waals surface area contributed by atoms with Crippen molar-refractivity contribution in [2.24, 2.45) is 5.41 Å². The maximum Gasteiger partial charge on any atom is 0.0488 e. The van der Waals surface area contributed by atoms with Crippen molar-refractivity contribution in [1.82, 2.24) is 5.32 Å². The second-order valence-electron chi connectivity index (χ2n) is 5.89. The van der Waals surface area contributed by atoms with Gasteiger partial charge in [0.15, 0.2) is 0 Å². The Kier molecular flexibility index (Phi) is 3.71. The summed E-state index contributed by atoms with van der Waals surface area (Å²) in [7, 11) is 2.11. The first-order valence-corrected chi connectivity index (χ1v) is 8.66. The lowest BCUT2D eigenvalue weighted by Crippen LogP contribution is -2.32. The van der Waals surface area contributed by atoms with Crippen LogP contribution >= 0.6 is 27.3 Å². The zero-order valence-electron chi connectivity index (χ0n) is 11.5. The second kappa shape index (κ2) is 5.19. The smallest absolute Gasteiger partial charge is 0.0488 e. The maximum atomic E-state index is 3.67. The lowest BCUT2D eigenvalue weighted by atomic mass is 9.77. The highest BCUT2D eigenvalue weighted by atomic mass is 79.9. The van der Waals surface area contributed by atoms with Gasteiger partial charge in [0.1, 0.15) is 0 Å². The van der Waals surface area contributed by atoms with Crippen molar-refractivity contribution in [2.45, 2.75) is 38.6 Å². The lowest BCUT2D eigenvalue weighted by Gasteiger charge is -2.34. The highest BCUT2D eigenvalue weighted by molar-refractivity contribution is 9.10. The van der Waals surface area contributed by atoms with Crippen molar-refractivity contribution in [3.05, 3.63) is 33.6 Å². The van der Waals surface area contributed by atoms with Crippen LogP contribution in [0, 0.1) is 5.41 Å². The molecule has 1 saturated carbocycles. The number of benzene rings is 1. The number of rotatable bonds is 3. The van der Waals surface area contributed by atoms with Crippen LogP contribution in [0.1, 0.15) is 44.2 Å². The van der Waals surface area contributed by atoms with Crippen LogP contribution in [0.25, 0.3) is 10.1 Å². The van der Waals surface area contributed by atoms with Crippen LogP contribution in [0.15, 0.2) is 28.1 Å². The Morgan fingerprint density at radius 2 is 2.05 bits per heavy atom. The molecule has 0 saturated heterocycles. The van der Waals surface area contributed by atoms with Crippen LogP contribution in [0.3, 0.4) is 0 Å². The number of thiophene rings is 1. The second-order valence-corrected chi connectivity index (χ2v) is 7.62. The van der Waals surface area contributed by atoms with Gasteiger partial charge in [-0.15, -0.1) is 11.3 Å². The van der Waals surface area contributed by atoms with E-state index >= 15 is 0 Å². The fourth-order valence-corrected chi connectivity index (χ4v) is 5.26. The molecule has 3 heteroatoms. The number of hydrogen-bond acceptors (Lipinski definition) is 2. The van der Waals surface area contributed by atoms with Gasteiger partial charge in [-0.3, -0.25) is 0 Å². The largest absolute Gasteiger partial charge is 0.312 e. The third-order valence-corrected chi connectivity index (χ3v) is 6.59. The Morgan fingerprint density at radius 1 is 1.32 bits per heavy atom. The fraction of sp³-hybridized carbons (Fsp3) is 0.500. The van der Waals surface area contributed by atoms with Crippen LogP contribution < -0.4 is 5.32 Å². The van der Waals surface area contributed by atoms with E-state index in [0.29, 0.717) is 11.5 Å². The predicted octanol–water partition coefficient (Wildman–Crippen LogP) is 5.50. The summed E-state index contributed by atoms with van der Waals surface area (Å²) in [6, 6.07) is 7.01. The quantitative estimate of drug-likeness (QED) is 0.779. The van der Waals surface area contributed by atoms with Gasteiger partial charge < -0.3 is 5.32 Å². The van der Waals surface area contributed by atoms with Crippen molar-refractivity contribution < 1.29 is 0 Å². The van der Waals surface area contributed by atoms with E-state index in [4.69, 9.17) is 0 Å². The SMILES string of the molecule is CNC(c1csc2c(Br)cccc12)C1(C)CCCC1. The molecule has 0 aliphatic heterocycles. The van der Waals surface area contributed by atoms with Crippen molar-refractivity contribution in [1.29, 1.82) is 0 Å². The van der Waals surface area contributed by atoms with Crippen molar-refractivity contribution in [3.8, 4) is 0 Å². The van der Waals surface area contributed by atoms with Crippen molar-refractivity contribution in [2.75, 3.05) is 7.05 Å². The number of halogens is 1. The van der Waals surface area contributed by atoms with Gasteiger partial charge in [0.2, 0.25) is 0 Å². The number of nitrogens with one attached hydrogen (secondary N) is 1. The molecule has 0 amide bonds. The molecular weight excluding hydrogens is 318 g/mol. The summed E-state index contributed by atoms with van der Waals surface area (Å²) < 4.78 is 2.59. The molecule has 3 rings (SSSR count). The molecule has 1 fully saturated rings. The molecule has 19 heavy (non-hydrogen) atoms. The van der Waals surface area contributed by atoms with Gasteiger partial charge in [-0.1, -0.05) is 31.9 Å². The summed E-state index contributed by atoms with van der Waals surface area (Å²) in [6.07, 6.45) is 5.43. The van der Waals surface area contributed by atoms with E-state index < -0.39 is 0 Å². The molecule has 2 aromatic rings. The summed E-state index contributed by atoms with van der Waals surface area (Å²) in [5, 5.41) is 7.35. The molecule has 1 aliphatic carbocycles. The first-order valence-electron chi connectivity index (χ1n) is 6.98. The topological polar surface area (TPSA) is 12.0 Å². The molecular formula is C16H20BrNS. The summed E-state index contributed by atoms with van der Waals surface area (Å²) >= 11 is 5.52. The minimum atomic E-state index is 0.408. The third kappa shape index (κ3) is 2.26. The minimum absolute atomic E-state index is 0.408. The molecule has 1 nitrogen and oxygen atoms in total. The van der Waals surface area contributed by atoms with E-state index in [2.05, 4.69) is 58.8 Å². The first kappa shape index (κ1) is 13.6. The zero-order valence-corrected chi connectivity index (χ0v) is 13.9. The van der Waals surface area contributed by atoms with Crippen LogP contribution in [0.5, 0.6) is 0 Å². The van der Waals surface area contributed by atoms with Gasteiger partial charge in [-0.05, 0) is 63.6 Å². The molecule has 1 aliphatic rings. The van der Waals surface area contributed by atoms with Crippen LogP contribution in [-0.2, 0) is 0 Å². The summed E-state index contributed by atoms with van der Waals surface area (Å²) in [5.74, 6) is 0. The molecule has 1 atom stereocenters. The molecule has 1 aromatic carbocycles. The standard InChI is InChI=1S/C16H20BrNS/c1-16(8-3-4-9-16)15(18-2)12-10-19-14-11(12)6-5-7-13(14)17/h5-7,10,15,18H,3-4,8-9H2,1-2H3. The molecule has 1 N–H and O–H groups in total. The Balaban J connectivity index is 2.09. The predicted molar refractivity (Wildman–Crippen MR) is 87.9 cm³/mol. The van der Waals surface area contributed by atoms with Crippen molar-refractivity contribution in [3.63, 3.8) is 0 Å². The van der Waals surface area contributed by atoms with Crippen molar-refractivity contribution >= 4 is 37.4 Å². The first-order chi connectivity index (χ1) is 9.15. The van der Waals surface area contributed by atoms with E-state index in [0.717, 1.165) is 0 Å². The van der Waals surface area contributed by atoms with Gasteiger partial charge >= 0.3 is 0 Å². The third-order valence-electron chi connectivity index (χ3n) is 4.62. The number of hydrogen-bond donors (Lipinski definition) is 1. The monoisotopic (exact) mass is 337 g/mol. The van der Waals surface area contributed by atoms with E-state index in [1.807, 2.05) is 11.3 Å². The molecule has 1 unspecified atom stereocenters. The Bertz CT molecular complexity index is 583. The normalized spacial score (nSPS) is 19.9. The summed E-state index contributed by atoms with van der Waals surface area (Å²) in [5.41, 5.74) is 1.89. The molecule has 1 aromatic heterocycles. The lowest BCUT2D eigenvalue weighted by molar-refractivity contribution is 0.235. The van der Waals surface area contributed by atoms with E-state index in [1.54, 1.807) is 0 Å². The molecule has 0 bridgehead atoms. The fourth-order valence-electron chi connectivity index (χ4n) is 3.62. The van der Waals surface area contributed by atoms with E-state index in [9.17, 15) is 0 Å². The summed E-state index contributed by atoms with van der Waals surface area (Å²) in [4.78, 5) is 0. The van der Waals surface area contributed by atoms with Gasteiger partial charge in [0, 0.05) is 15.2 Å². The molecule has 0 spiro atoms. The Morgan fingerprint density at radius 3 is 2.74 bits per heavy atom. The van der Waals surface area contributed by atoms with Gasteiger partial charge in [-0.25, -0.2) is 0 Å². The highest BCUT2D eigenvalue weighted by Crippen LogP contribution is 2.49. The van der Waals surface area contributed by atoms with Crippen LogP contribution in [0.2, 0.25) is 0 Å². The summed E-state index contributed by atoms with van der Waals surface area (Å²) in [6.45, 7) is 2.45. The van der Waals surface area contributed by atoms with E-state index in [1.165, 1.54) is 45.8 Å². The average molecular weight is 338 g/mol. The van der Waals surface area contributed by atoms with Crippen LogP contribution in [-0.4, -0.2) is 7.05 Å². The molecule has 1 heterocycles. The average Bonchev–Trinajstić information content (AvgIpc) is 3.00. The number of fused-ring (bicyclic) bond motifs is 1.